The van der Waals surface area contributed by atoms with Crippen LogP contribution in [0.5, 0.6) is 0 Å². The van der Waals surface area contributed by atoms with Crippen LogP contribution in [0.4, 0.5) is 15.8 Å². The summed E-state index contributed by atoms with van der Waals surface area (Å²) < 4.78 is 13.2. The van der Waals surface area contributed by atoms with Gasteiger partial charge in [-0.2, -0.15) is 0 Å². The van der Waals surface area contributed by atoms with E-state index in [0.717, 1.165) is 24.0 Å². The number of non-ortho nitro benzene ring substituents is 1. The molecule has 1 saturated carbocycles. The summed E-state index contributed by atoms with van der Waals surface area (Å²) in [6, 6.07) is 10.8. The molecular formula is C19H17FN2O3. The van der Waals surface area contributed by atoms with Gasteiger partial charge in [0.2, 0.25) is 5.91 Å². The molecule has 0 bridgehead atoms. The molecule has 1 aliphatic heterocycles. The number of carbonyl (C=O) groups is 1. The highest BCUT2D eigenvalue weighted by atomic mass is 19.1. The SMILES string of the molecule is O=C(C(c1ccc(F)cc1)C1CC1)N1CCc2ccc([N+](=O)[O-])cc21. The summed E-state index contributed by atoms with van der Waals surface area (Å²) >= 11 is 0. The number of nitro benzene ring substituents is 1. The molecule has 6 heteroatoms. The highest BCUT2D eigenvalue weighted by Crippen LogP contribution is 2.45. The van der Waals surface area contributed by atoms with Gasteiger partial charge in [0, 0.05) is 18.7 Å². The largest absolute Gasteiger partial charge is 0.311 e. The predicted molar refractivity (Wildman–Crippen MR) is 91.0 cm³/mol. The van der Waals surface area contributed by atoms with Crippen molar-refractivity contribution in [3.63, 3.8) is 0 Å². The predicted octanol–water partition coefficient (Wildman–Crippen LogP) is 3.82. The van der Waals surface area contributed by atoms with Crippen LogP contribution in [0.15, 0.2) is 42.5 Å². The summed E-state index contributed by atoms with van der Waals surface area (Å²) in [7, 11) is 0. The first-order chi connectivity index (χ1) is 12.0. The monoisotopic (exact) mass is 340 g/mol. The number of anilines is 1. The molecule has 1 fully saturated rings. The molecule has 1 atom stereocenters. The van der Waals surface area contributed by atoms with Gasteiger partial charge in [-0.05, 0) is 48.4 Å². The summed E-state index contributed by atoms with van der Waals surface area (Å²) in [6.45, 7) is 0.528. The third kappa shape index (κ3) is 2.88. The van der Waals surface area contributed by atoms with E-state index in [1.54, 1.807) is 23.1 Å². The lowest BCUT2D eigenvalue weighted by Crippen LogP contribution is -2.34. The third-order valence-electron chi connectivity index (χ3n) is 5.03. The minimum absolute atomic E-state index is 0.0109. The van der Waals surface area contributed by atoms with Gasteiger partial charge in [-0.15, -0.1) is 0 Å². The van der Waals surface area contributed by atoms with E-state index in [2.05, 4.69) is 0 Å². The fourth-order valence-electron chi connectivity index (χ4n) is 3.59. The second kappa shape index (κ2) is 5.95. The zero-order chi connectivity index (χ0) is 17.6. The number of amides is 1. The number of halogens is 1. The Balaban J connectivity index is 1.68. The molecule has 25 heavy (non-hydrogen) atoms. The molecule has 2 aliphatic rings. The van der Waals surface area contributed by atoms with Crippen molar-refractivity contribution in [1.29, 1.82) is 0 Å². The Kier molecular flexibility index (Phi) is 3.75. The first kappa shape index (κ1) is 15.7. The second-order valence-corrected chi connectivity index (χ2v) is 6.68. The normalized spacial score (nSPS) is 17.2. The third-order valence-corrected chi connectivity index (χ3v) is 5.03. The number of fused-ring (bicyclic) bond motifs is 1. The number of rotatable bonds is 4. The summed E-state index contributed by atoms with van der Waals surface area (Å²) in [5, 5.41) is 11.0. The molecule has 128 valence electrons. The maximum Gasteiger partial charge on any atom is 0.271 e. The van der Waals surface area contributed by atoms with Gasteiger partial charge in [-0.25, -0.2) is 4.39 Å². The second-order valence-electron chi connectivity index (χ2n) is 6.68. The Morgan fingerprint density at radius 1 is 1.20 bits per heavy atom. The van der Waals surface area contributed by atoms with Crippen molar-refractivity contribution in [2.75, 3.05) is 11.4 Å². The van der Waals surface area contributed by atoms with Crippen LogP contribution in [0.1, 0.15) is 29.9 Å². The Morgan fingerprint density at radius 2 is 1.92 bits per heavy atom. The fraction of sp³-hybridized carbons (Fsp3) is 0.316. The Bertz CT molecular complexity index is 846. The number of hydrogen-bond acceptors (Lipinski definition) is 3. The maximum absolute atomic E-state index is 13.2. The van der Waals surface area contributed by atoms with Crippen LogP contribution < -0.4 is 4.90 Å². The van der Waals surface area contributed by atoms with E-state index in [-0.39, 0.29) is 29.2 Å². The average Bonchev–Trinajstić information content (AvgIpc) is 3.34. The van der Waals surface area contributed by atoms with Crippen LogP contribution in [-0.2, 0) is 11.2 Å². The molecule has 1 unspecified atom stereocenters. The van der Waals surface area contributed by atoms with Gasteiger partial charge in [-0.1, -0.05) is 18.2 Å². The number of benzene rings is 2. The molecular weight excluding hydrogens is 323 g/mol. The van der Waals surface area contributed by atoms with Gasteiger partial charge in [-0.3, -0.25) is 14.9 Å². The van der Waals surface area contributed by atoms with Crippen molar-refractivity contribution >= 4 is 17.3 Å². The summed E-state index contributed by atoms with van der Waals surface area (Å²) in [5.41, 5.74) is 2.38. The van der Waals surface area contributed by atoms with Crippen LogP contribution in [0.2, 0.25) is 0 Å². The molecule has 0 radical (unpaired) electrons. The molecule has 1 heterocycles. The van der Waals surface area contributed by atoms with Crippen LogP contribution in [0.3, 0.4) is 0 Å². The van der Waals surface area contributed by atoms with Gasteiger partial charge >= 0.3 is 0 Å². The van der Waals surface area contributed by atoms with Crippen LogP contribution in [0, 0.1) is 21.8 Å². The van der Waals surface area contributed by atoms with E-state index in [1.165, 1.54) is 24.3 Å². The minimum Gasteiger partial charge on any atom is -0.311 e. The topological polar surface area (TPSA) is 63.5 Å². The van der Waals surface area contributed by atoms with E-state index >= 15 is 0 Å². The van der Waals surface area contributed by atoms with E-state index < -0.39 is 4.92 Å². The van der Waals surface area contributed by atoms with Gasteiger partial charge < -0.3 is 4.90 Å². The van der Waals surface area contributed by atoms with Gasteiger partial charge in [0.1, 0.15) is 5.82 Å². The van der Waals surface area contributed by atoms with Crippen LogP contribution in [0.25, 0.3) is 0 Å². The quantitative estimate of drug-likeness (QED) is 0.628. The fourth-order valence-corrected chi connectivity index (χ4v) is 3.59. The Labute approximate surface area is 144 Å². The average molecular weight is 340 g/mol. The lowest BCUT2D eigenvalue weighted by molar-refractivity contribution is -0.384. The van der Waals surface area contributed by atoms with Gasteiger partial charge in [0.05, 0.1) is 16.5 Å². The molecule has 0 spiro atoms. The number of carbonyl (C=O) groups excluding carboxylic acids is 1. The van der Waals surface area contributed by atoms with E-state index in [4.69, 9.17) is 0 Å². The van der Waals surface area contributed by atoms with Crippen molar-refractivity contribution < 1.29 is 14.1 Å². The van der Waals surface area contributed by atoms with Crippen LogP contribution >= 0.6 is 0 Å². The van der Waals surface area contributed by atoms with Gasteiger partial charge in [0.25, 0.3) is 5.69 Å². The number of hydrogen-bond donors (Lipinski definition) is 0. The molecule has 1 amide bonds. The molecule has 0 aromatic heterocycles. The van der Waals surface area contributed by atoms with Crippen molar-refractivity contribution in [3.8, 4) is 0 Å². The lowest BCUT2D eigenvalue weighted by Gasteiger charge is -2.24. The van der Waals surface area contributed by atoms with Crippen molar-refractivity contribution in [2.24, 2.45) is 5.92 Å². The van der Waals surface area contributed by atoms with E-state index in [9.17, 15) is 19.3 Å². The van der Waals surface area contributed by atoms with Gasteiger partial charge in [0.15, 0.2) is 0 Å². The molecule has 4 rings (SSSR count). The maximum atomic E-state index is 13.2. The van der Waals surface area contributed by atoms with Crippen molar-refractivity contribution in [1.82, 2.24) is 0 Å². The van der Waals surface area contributed by atoms with E-state index in [0.29, 0.717) is 18.7 Å². The number of nitrogens with zero attached hydrogens (tertiary/aromatic N) is 2. The lowest BCUT2D eigenvalue weighted by atomic mass is 9.92. The Morgan fingerprint density at radius 3 is 2.56 bits per heavy atom. The molecule has 2 aromatic rings. The smallest absolute Gasteiger partial charge is 0.271 e. The highest BCUT2D eigenvalue weighted by Gasteiger charge is 2.41. The Hall–Kier alpha value is -2.76. The zero-order valence-corrected chi connectivity index (χ0v) is 13.5. The summed E-state index contributed by atoms with van der Waals surface area (Å²) in [6.07, 6.45) is 2.65. The standard InChI is InChI=1S/C19H17FN2O3/c20-15-6-3-14(4-7-15)18(13-1-2-13)19(23)21-10-9-12-5-8-16(22(24)25)11-17(12)21/h3-8,11,13,18H,1-2,9-10H2. The molecule has 0 saturated heterocycles. The first-order valence-electron chi connectivity index (χ1n) is 8.39. The highest BCUT2D eigenvalue weighted by molar-refractivity contribution is 6.00. The van der Waals surface area contributed by atoms with Crippen molar-refractivity contribution in [2.45, 2.75) is 25.2 Å². The van der Waals surface area contributed by atoms with Crippen molar-refractivity contribution in [3.05, 3.63) is 69.5 Å². The summed E-state index contributed by atoms with van der Waals surface area (Å²) in [4.78, 5) is 25.5. The number of nitro groups is 1. The molecule has 0 N–H and O–H groups in total. The molecule has 2 aromatic carbocycles. The van der Waals surface area contributed by atoms with Crippen LogP contribution in [-0.4, -0.2) is 17.4 Å². The molecule has 5 nitrogen and oxygen atoms in total. The minimum atomic E-state index is -0.445. The molecule has 1 aliphatic carbocycles. The summed E-state index contributed by atoms with van der Waals surface area (Å²) in [5.74, 6) is -0.423. The zero-order valence-electron chi connectivity index (χ0n) is 13.5. The van der Waals surface area contributed by atoms with E-state index in [1.807, 2.05) is 0 Å². The first-order valence-corrected chi connectivity index (χ1v) is 8.39.